The molecule has 0 unspecified atom stereocenters. The van der Waals surface area contributed by atoms with Crippen molar-refractivity contribution in [2.45, 2.75) is 12.8 Å². The lowest BCUT2D eigenvalue weighted by molar-refractivity contribution is -0.385. The Labute approximate surface area is 117 Å². The SMILES string of the molecule is [N-]=[N+]=NCCCCNC(=O)c1cc(F)c(F)cc1[N+](=O)[O-]. The van der Waals surface area contributed by atoms with Gasteiger partial charge in [-0.05, 0) is 24.4 Å². The van der Waals surface area contributed by atoms with E-state index in [1.54, 1.807) is 0 Å². The van der Waals surface area contributed by atoms with Crippen molar-refractivity contribution in [3.8, 4) is 0 Å². The Kier molecular flexibility index (Phi) is 6.02. The Bertz CT molecular complexity index is 602. The molecule has 1 N–H and O–H groups in total. The molecule has 0 atom stereocenters. The van der Waals surface area contributed by atoms with E-state index in [1.165, 1.54) is 0 Å². The molecule has 0 radical (unpaired) electrons. The molecule has 0 bridgehead atoms. The fourth-order valence-corrected chi connectivity index (χ4v) is 1.52. The van der Waals surface area contributed by atoms with Gasteiger partial charge < -0.3 is 5.32 Å². The minimum absolute atomic E-state index is 0.163. The molecule has 0 fully saturated rings. The van der Waals surface area contributed by atoms with Gasteiger partial charge in [-0.2, -0.15) is 0 Å². The van der Waals surface area contributed by atoms with E-state index in [4.69, 9.17) is 5.53 Å². The Morgan fingerprint density at radius 1 is 1.38 bits per heavy atom. The van der Waals surface area contributed by atoms with Gasteiger partial charge in [0.15, 0.2) is 11.6 Å². The van der Waals surface area contributed by atoms with Gasteiger partial charge in [0, 0.05) is 18.0 Å². The predicted octanol–water partition coefficient (Wildman–Crippen LogP) is 2.69. The van der Waals surface area contributed by atoms with Crippen LogP contribution < -0.4 is 5.32 Å². The van der Waals surface area contributed by atoms with Crippen molar-refractivity contribution >= 4 is 11.6 Å². The highest BCUT2D eigenvalue weighted by Crippen LogP contribution is 2.22. The molecule has 1 aromatic rings. The molecule has 10 heteroatoms. The Morgan fingerprint density at radius 3 is 2.67 bits per heavy atom. The average molecular weight is 299 g/mol. The highest BCUT2D eigenvalue weighted by atomic mass is 19.2. The number of amides is 1. The molecule has 0 aliphatic carbocycles. The highest BCUT2D eigenvalue weighted by Gasteiger charge is 2.23. The van der Waals surface area contributed by atoms with Crippen molar-refractivity contribution in [2.24, 2.45) is 5.11 Å². The van der Waals surface area contributed by atoms with Crippen LogP contribution in [0.5, 0.6) is 0 Å². The summed E-state index contributed by atoms with van der Waals surface area (Å²) in [7, 11) is 0. The zero-order valence-corrected chi connectivity index (χ0v) is 10.8. The molecule has 0 aliphatic rings. The molecular weight excluding hydrogens is 288 g/mol. The van der Waals surface area contributed by atoms with Crippen LogP contribution in [0, 0.1) is 21.7 Å². The average Bonchev–Trinajstić information content (AvgIpc) is 2.44. The van der Waals surface area contributed by atoms with Crippen molar-refractivity contribution in [1.82, 2.24) is 5.32 Å². The number of hydrogen-bond acceptors (Lipinski definition) is 4. The molecule has 0 saturated carbocycles. The lowest BCUT2D eigenvalue weighted by Crippen LogP contribution is -2.25. The molecule has 1 rings (SSSR count). The molecule has 0 saturated heterocycles. The van der Waals surface area contributed by atoms with Crippen LogP contribution >= 0.6 is 0 Å². The van der Waals surface area contributed by atoms with Crippen LogP contribution in [0.4, 0.5) is 14.5 Å². The number of carbonyl (C=O) groups is 1. The van der Waals surface area contributed by atoms with Gasteiger partial charge in [-0.25, -0.2) is 8.78 Å². The fourth-order valence-electron chi connectivity index (χ4n) is 1.52. The Morgan fingerprint density at radius 2 is 2.05 bits per heavy atom. The maximum absolute atomic E-state index is 13.1. The summed E-state index contributed by atoms with van der Waals surface area (Å²) >= 11 is 0. The van der Waals surface area contributed by atoms with Gasteiger partial charge in [0.05, 0.1) is 11.0 Å². The topological polar surface area (TPSA) is 121 Å². The number of azide groups is 1. The van der Waals surface area contributed by atoms with Gasteiger partial charge in [0.1, 0.15) is 5.56 Å². The van der Waals surface area contributed by atoms with E-state index >= 15 is 0 Å². The summed E-state index contributed by atoms with van der Waals surface area (Å²) in [6, 6.07) is 0.856. The maximum atomic E-state index is 13.1. The van der Waals surface area contributed by atoms with Crippen LogP contribution in [0.1, 0.15) is 23.2 Å². The number of nitro benzene ring substituents is 1. The summed E-state index contributed by atoms with van der Waals surface area (Å²) in [5.74, 6) is -3.61. The number of rotatable bonds is 7. The summed E-state index contributed by atoms with van der Waals surface area (Å²) in [6.07, 6.45) is 0.993. The lowest BCUT2D eigenvalue weighted by atomic mass is 10.1. The van der Waals surface area contributed by atoms with Crippen molar-refractivity contribution in [3.63, 3.8) is 0 Å². The van der Waals surface area contributed by atoms with Crippen LogP contribution in [0.2, 0.25) is 0 Å². The molecule has 0 aliphatic heterocycles. The largest absolute Gasteiger partial charge is 0.352 e. The first-order valence-electron chi connectivity index (χ1n) is 5.90. The number of benzene rings is 1. The van der Waals surface area contributed by atoms with E-state index in [0.29, 0.717) is 25.0 Å². The normalized spacial score (nSPS) is 9.81. The monoisotopic (exact) mass is 299 g/mol. The molecule has 0 spiro atoms. The van der Waals surface area contributed by atoms with E-state index in [2.05, 4.69) is 15.3 Å². The molecule has 1 amide bonds. The zero-order valence-electron chi connectivity index (χ0n) is 10.8. The number of halogens is 2. The standard InChI is InChI=1S/C11H11F2N5O3/c12-8-5-7(10(18(20)21)6-9(8)13)11(19)15-3-1-2-4-16-17-14/h5-6H,1-4H2,(H,15,19). The van der Waals surface area contributed by atoms with Gasteiger partial charge in [0.25, 0.3) is 11.6 Å². The number of nitro groups is 1. The summed E-state index contributed by atoms with van der Waals surface area (Å²) in [5.41, 5.74) is 6.70. The number of nitrogens with zero attached hydrogens (tertiary/aromatic N) is 4. The molecule has 0 heterocycles. The summed E-state index contributed by atoms with van der Waals surface area (Å²) in [5, 5.41) is 16.4. The summed E-state index contributed by atoms with van der Waals surface area (Å²) in [4.78, 5) is 24.1. The van der Waals surface area contributed by atoms with Crippen molar-refractivity contribution < 1.29 is 18.5 Å². The van der Waals surface area contributed by atoms with Crippen LogP contribution in [-0.2, 0) is 0 Å². The van der Waals surface area contributed by atoms with Gasteiger partial charge in [-0.3, -0.25) is 14.9 Å². The quantitative estimate of drug-likeness (QED) is 0.208. The number of carbonyl (C=O) groups excluding carboxylic acids is 1. The van der Waals surface area contributed by atoms with E-state index < -0.39 is 33.7 Å². The van der Waals surface area contributed by atoms with Crippen molar-refractivity contribution in [1.29, 1.82) is 0 Å². The second-order valence-electron chi connectivity index (χ2n) is 3.96. The smallest absolute Gasteiger partial charge is 0.285 e. The Balaban J connectivity index is 2.71. The third kappa shape index (κ3) is 4.69. The second kappa shape index (κ2) is 7.75. The van der Waals surface area contributed by atoms with Crippen molar-refractivity contribution in [3.05, 3.63) is 49.9 Å². The Hall–Kier alpha value is -2.74. The first-order valence-corrected chi connectivity index (χ1v) is 5.90. The number of nitrogens with one attached hydrogen (secondary N) is 1. The third-order valence-electron chi connectivity index (χ3n) is 2.51. The predicted molar refractivity (Wildman–Crippen MR) is 68.6 cm³/mol. The zero-order chi connectivity index (χ0) is 15.8. The second-order valence-corrected chi connectivity index (χ2v) is 3.96. The molecule has 112 valence electrons. The molecule has 21 heavy (non-hydrogen) atoms. The van der Waals surface area contributed by atoms with E-state index in [-0.39, 0.29) is 13.1 Å². The lowest BCUT2D eigenvalue weighted by Gasteiger charge is -2.06. The van der Waals surface area contributed by atoms with E-state index in [9.17, 15) is 23.7 Å². The molecule has 8 nitrogen and oxygen atoms in total. The minimum atomic E-state index is -1.40. The van der Waals surface area contributed by atoms with Gasteiger partial charge in [-0.1, -0.05) is 5.11 Å². The maximum Gasteiger partial charge on any atom is 0.285 e. The van der Waals surface area contributed by atoms with E-state index in [1.807, 2.05) is 0 Å². The molecule has 1 aromatic carbocycles. The van der Waals surface area contributed by atoms with Gasteiger partial charge >= 0.3 is 0 Å². The fraction of sp³-hybridized carbons (Fsp3) is 0.364. The van der Waals surface area contributed by atoms with Gasteiger partial charge in [0.2, 0.25) is 0 Å². The third-order valence-corrected chi connectivity index (χ3v) is 2.51. The van der Waals surface area contributed by atoms with E-state index in [0.717, 1.165) is 0 Å². The first kappa shape index (κ1) is 16.3. The number of hydrogen-bond donors (Lipinski definition) is 1. The summed E-state index contributed by atoms with van der Waals surface area (Å²) in [6.45, 7) is 0.424. The van der Waals surface area contributed by atoms with Crippen LogP contribution in [0.15, 0.2) is 17.2 Å². The van der Waals surface area contributed by atoms with Crippen LogP contribution in [-0.4, -0.2) is 23.9 Å². The molecule has 0 aromatic heterocycles. The minimum Gasteiger partial charge on any atom is -0.352 e. The van der Waals surface area contributed by atoms with Gasteiger partial charge in [-0.15, -0.1) is 0 Å². The highest BCUT2D eigenvalue weighted by molar-refractivity contribution is 5.98. The van der Waals surface area contributed by atoms with Crippen molar-refractivity contribution in [2.75, 3.05) is 13.1 Å². The summed E-state index contributed by atoms with van der Waals surface area (Å²) < 4.78 is 26.0. The van der Waals surface area contributed by atoms with Crippen LogP contribution in [0.25, 0.3) is 10.4 Å². The molecular formula is C11H11F2N5O3. The first-order chi connectivity index (χ1) is 9.97. The van der Waals surface area contributed by atoms with Crippen LogP contribution in [0.3, 0.4) is 0 Å². The number of unbranched alkanes of at least 4 members (excludes halogenated alkanes) is 1.